The number of likely N-dealkylation sites (N-methyl/N-ethyl adjacent to an activating group) is 1. The molecule has 4 heteroatoms. The topological polar surface area (TPSA) is 32.3 Å². The highest BCUT2D eigenvalue weighted by molar-refractivity contribution is 6.31. The van der Waals surface area contributed by atoms with E-state index in [0.717, 1.165) is 29.8 Å². The molecular formula is C21H25ClN2O. The van der Waals surface area contributed by atoms with Crippen molar-refractivity contribution in [2.45, 2.75) is 31.2 Å². The van der Waals surface area contributed by atoms with Crippen molar-refractivity contribution in [2.24, 2.45) is 0 Å². The van der Waals surface area contributed by atoms with Gasteiger partial charge in [-0.05, 0) is 56.1 Å². The van der Waals surface area contributed by atoms with Crippen molar-refractivity contribution in [1.82, 2.24) is 10.2 Å². The average molecular weight is 357 g/mol. The number of rotatable bonds is 5. The Balaban J connectivity index is 1.72. The third kappa shape index (κ3) is 4.05. The van der Waals surface area contributed by atoms with Crippen LogP contribution in [0.25, 0.3) is 0 Å². The van der Waals surface area contributed by atoms with Gasteiger partial charge in [0.1, 0.15) is 0 Å². The summed E-state index contributed by atoms with van der Waals surface area (Å²) in [5.74, 6) is 0.0741. The summed E-state index contributed by atoms with van der Waals surface area (Å²) in [5.41, 5.74) is 3.54. The molecule has 0 spiro atoms. The van der Waals surface area contributed by atoms with Gasteiger partial charge in [-0.1, -0.05) is 54.1 Å². The molecule has 132 valence electrons. The largest absolute Gasteiger partial charge is 0.354 e. The van der Waals surface area contributed by atoms with Crippen LogP contribution in [0.15, 0.2) is 48.5 Å². The van der Waals surface area contributed by atoms with E-state index in [1.165, 1.54) is 11.1 Å². The number of fused-ring (bicyclic) bond motifs is 1. The van der Waals surface area contributed by atoms with Crippen molar-refractivity contribution < 1.29 is 4.79 Å². The maximum absolute atomic E-state index is 12.8. The molecule has 1 aliphatic carbocycles. The van der Waals surface area contributed by atoms with Crippen LogP contribution in [-0.4, -0.2) is 31.4 Å². The number of halogens is 1. The minimum Gasteiger partial charge on any atom is -0.354 e. The standard InChI is InChI=1S/C21H25ClN2O/c1-24(2)20(18-11-5-6-13-19(18)22)14-23-21(25)17-12-7-9-15-8-3-4-10-16(15)17/h3-6,8,10-11,13,17,20H,7,9,12,14H2,1-2H3,(H,23,25)/t17-,20-/m0/s1. The van der Waals surface area contributed by atoms with Crippen LogP contribution < -0.4 is 5.32 Å². The first-order valence-electron chi connectivity index (χ1n) is 8.84. The fourth-order valence-corrected chi connectivity index (χ4v) is 3.92. The zero-order valence-corrected chi connectivity index (χ0v) is 15.6. The van der Waals surface area contributed by atoms with E-state index in [4.69, 9.17) is 11.6 Å². The van der Waals surface area contributed by atoms with Gasteiger partial charge in [-0.2, -0.15) is 0 Å². The molecule has 0 radical (unpaired) electrons. The van der Waals surface area contributed by atoms with E-state index in [0.29, 0.717) is 6.54 Å². The third-order valence-electron chi connectivity index (χ3n) is 5.04. The first-order chi connectivity index (χ1) is 12.1. The molecule has 0 unspecified atom stereocenters. The second-order valence-electron chi connectivity index (χ2n) is 6.89. The molecule has 0 bridgehead atoms. The highest BCUT2D eigenvalue weighted by Gasteiger charge is 2.27. The van der Waals surface area contributed by atoms with Crippen molar-refractivity contribution in [3.05, 3.63) is 70.2 Å². The Morgan fingerprint density at radius 1 is 1.20 bits per heavy atom. The number of aryl methyl sites for hydroxylation is 1. The molecule has 0 aromatic heterocycles. The van der Waals surface area contributed by atoms with Crippen molar-refractivity contribution in [3.63, 3.8) is 0 Å². The molecule has 3 rings (SSSR count). The van der Waals surface area contributed by atoms with Crippen LogP contribution in [0.3, 0.4) is 0 Å². The van der Waals surface area contributed by atoms with Gasteiger partial charge in [0, 0.05) is 11.6 Å². The average Bonchev–Trinajstić information content (AvgIpc) is 2.62. The molecule has 0 aliphatic heterocycles. The number of carbonyl (C=O) groups excluding carboxylic acids is 1. The van der Waals surface area contributed by atoms with Gasteiger partial charge >= 0.3 is 0 Å². The second kappa shape index (κ2) is 8.03. The van der Waals surface area contributed by atoms with E-state index < -0.39 is 0 Å². The number of benzene rings is 2. The summed E-state index contributed by atoms with van der Waals surface area (Å²) >= 11 is 6.35. The van der Waals surface area contributed by atoms with Crippen molar-refractivity contribution in [2.75, 3.05) is 20.6 Å². The Hall–Kier alpha value is -1.84. The molecular weight excluding hydrogens is 332 g/mol. The zero-order valence-electron chi connectivity index (χ0n) is 14.8. The van der Waals surface area contributed by atoms with Crippen LogP contribution in [0.5, 0.6) is 0 Å². The lowest BCUT2D eigenvalue weighted by Crippen LogP contribution is -2.38. The predicted octanol–water partition coefficient (Wildman–Crippen LogP) is 4.18. The fraction of sp³-hybridized carbons (Fsp3) is 0.381. The molecule has 2 aromatic carbocycles. The molecule has 2 atom stereocenters. The Kier molecular flexibility index (Phi) is 5.77. The van der Waals surface area contributed by atoms with Gasteiger partial charge in [-0.25, -0.2) is 0 Å². The molecule has 3 nitrogen and oxygen atoms in total. The fourth-order valence-electron chi connectivity index (χ4n) is 3.66. The van der Waals surface area contributed by atoms with Crippen molar-refractivity contribution in [1.29, 1.82) is 0 Å². The molecule has 0 saturated heterocycles. The number of hydrogen-bond donors (Lipinski definition) is 1. The van der Waals surface area contributed by atoms with Gasteiger partial charge in [0.15, 0.2) is 0 Å². The Morgan fingerprint density at radius 2 is 1.92 bits per heavy atom. The van der Waals surface area contributed by atoms with Crippen LogP contribution in [0, 0.1) is 0 Å². The lowest BCUT2D eigenvalue weighted by molar-refractivity contribution is -0.123. The Morgan fingerprint density at radius 3 is 2.68 bits per heavy atom. The molecule has 0 saturated carbocycles. The lowest BCUT2D eigenvalue weighted by atomic mass is 9.82. The number of hydrogen-bond acceptors (Lipinski definition) is 2. The summed E-state index contributed by atoms with van der Waals surface area (Å²) in [7, 11) is 4.02. The van der Waals surface area contributed by atoms with Crippen LogP contribution in [-0.2, 0) is 11.2 Å². The monoisotopic (exact) mass is 356 g/mol. The van der Waals surface area contributed by atoms with E-state index in [1.807, 2.05) is 44.4 Å². The molecule has 2 aromatic rings. The predicted molar refractivity (Wildman–Crippen MR) is 103 cm³/mol. The minimum absolute atomic E-state index is 0.0426. The number of nitrogens with one attached hydrogen (secondary N) is 1. The maximum Gasteiger partial charge on any atom is 0.227 e. The van der Waals surface area contributed by atoms with E-state index in [1.54, 1.807) is 0 Å². The van der Waals surface area contributed by atoms with Crippen molar-refractivity contribution in [3.8, 4) is 0 Å². The quantitative estimate of drug-likeness (QED) is 0.871. The Labute approximate surface area is 155 Å². The smallest absolute Gasteiger partial charge is 0.227 e. The Bertz CT molecular complexity index is 744. The third-order valence-corrected chi connectivity index (χ3v) is 5.39. The van der Waals surface area contributed by atoms with Crippen LogP contribution in [0.4, 0.5) is 0 Å². The molecule has 1 amide bonds. The van der Waals surface area contributed by atoms with E-state index in [-0.39, 0.29) is 17.9 Å². The van der Waals surface area contributed by atoms with Gasteiger partial charge in [0.05, 0.1) is 12.0 Å². The normalized spacial score (nSPS) is 17.8. The highest BCUT2D eigenvalue weighted by atomic mass is 35.5. The minimum atomic E-state index is -0.0426. The summed E-state index contributed by atoms with van der Waals surface area (Å²) in [5, 5.41) is 3.90. The summed E-state index contributed by atoms with van der Waals surface area (Å²) < 4.78 is 0. The first kappa shape index (κ1) is 18.0. The van der Waals surface area contributed by atoms with Gasteiger partial charge in [-0.15, -0.1) is 0 Å². The summed E-state index contributed by atoms with van der Waals surface area (Å²) in [6.07, 6.45) is 3.05. The first-order valence-corrected chi connectivity index (χ1v) is 9.22. The zero-order chi connectivity index (χ0) is 17.8. The highest BCUT2D eigenvalue weighted by Crippen LogP contribution is 2.32. The lowest BCUT2D eigenvalue weighted by Gasteiger charge is -2.28. The second-order valence-corrected chi connectivity index (χ2v) is 7.30. The number of nitrogens with zero attached hydrogens (tertiary/aromatic N) is 1. The van der Waals surface area contributed by atoms with E-state index in [2.05, 4.69) is 28.4 Å². The molecule has 1 N–H and O–H groups in total. The van der Waals surface area contributed by atoms with E-state index >= 15 is 0 Å². The van der Waals surface area contributed by atoms with Crippen LogP contribution in [0.2, 0.25) is 5.02 Å². The van der Waals surface area contributed by atoms with Gasteiger partial charge in [0.25, 0.3) is 0 Å². The van der Waals surface area contributed by atoms with E-state index in [9.17, 15) is 4.79 Å². The summed E-state index contributed by atoms with van der Waals surface area (Å²) in [6, 6.07) is 16.2. The molecule has 25 heavy (non-hydrogen) atoms. The van der Waals surface area contributed by atoms with Crippen molar-refractivity contribution >= 4 is 17.5 Å². The molecule has 0 fully saturated rings. The number of amides is 1. The molecule has 0 heterocycles. The SMILES string of the molecule is CN(C)[C@@H](CNC(=O)[C@H]1CCCc2ccccc21)c1ccccc1Cl. The summed E-state index contributed by atoms with van der Waals surface area (Å²) in [4.78, 5) is 14.9. The van der Waals surface area contributed by atoms with Gasteiger partial charge < -0.3 is 10.2 Å². The maximum atomic E-state index is 12.8. The van der Waals surface area contributed by atoms with Gasteiger partial charge in [-0.3, -0.25) is 4.79 Å². The van der Waals surface area contributed by atoms with Crippen LogP contribution in [0.1, 0.15) is 41.5 Å². The van der Waals surface area contributed by atoms with Gasteiger partial charge in [0.2, 0.25) is 5.91 Å². The molecule has 1 aliphatic rings. The number of carbonyl (C=O) groups is 1. The van der Waals surface area contributed by atoms with Crippen LogP contribution >= 0.6 is 11.6 Å². The summed E-state index contributed by atoms with van der Waals surface area (Å²) in [6.45, 7) is 0.550.